The van der Waals surface area contributed by atoms with Gasteiger partial charge >= 0.3 is 6.03 Å². The monoisotopic (exact) mass is 261 g/mol. The zero-order chi connectivity index (χ0) is 13.2. The molecule has 3 N–H and O–H groups in total. The maximum absolute atomic E-state index is 11.8. The molecule has 1 heterocycles. The number of rotatable bonds is 1. The van der Waals surface area contributed by atoms with Crippen molar-refractivity contribution < 1.29 is 4.79 Å². The second kappa shape index (κ2) is 3.52. The first kappa shape index (κ1) is 11.3. The highest BCUT2D eigenvalue weighted by atomic mass is 16.2. The Hall–Kier alpha value is -1.52. The van der Waals surface area contributed by atoms with Gasteiger partial charge in [0.15, 0.2) is 0 Å². The number of amides is 1. The lowest BCUT2D eigenvalue weighted by molar-refractivity contribution is -0.00734. The van der Waals surface area contributed by atoms with Gasteiger partial charge in [-0.1, -0.05) is 0 Å². The number of primary amides is 1. The van der Waals surface area contributed by atoms with Gasteiger partial charge in [0.05, 0.1) is 0 Å². The van der Waals surface area contributed by atoms with E-state index in [1.165, 1.54) is 38.5 Å². The van der Waals surface area contributed by atoms with Crippen molar-refractivity contribution in [2.75, 3.05) is 0 Å². The number of aromatic nitrogens is 2. The molecule has 4 aliphatic rings. The van der Waals surface area contributed by atoms with Gasteiger partial charge in [-0.3, -0.25) is 9.89 Å². The van der Waals surface area contributed by atoms with Gasteiger partial charge in [0.25, 0.3) is 5.56 Å². The predicted molar refractivity (Wildman–Crippen MR) is 69.9 cm³/mol. The molecule has 0 spiro atoms. The van der Waals surface area contributed by atoms with Crippen molar-refractivity contribution in [2.24, 2.45) is 23.5 Å². The molecule has 0 aromatic carbocycles. The summed E-state index contributed by atoms with van der Waals surface area (Å²) in [6.07, 6.45) is 7.58. The van der Waals surface area contributed by atoms with Crippen LogP contribution in [-0.4, -0.2) is 15.8 Å². The van der Waals surface area contributed by atoms with Crippen molar-refractivity contribution >= 4 is 6.03 Å². The molecule has 1 aromatic heterocycles. The molecule has 0 radical (unpaired) electrons. The van der Waals surface area contributed by atoms with Crippen LogP contribution < -0.4 is 11.3 Å². The molecule has 4 bridgehead atoms. The molecule has 5 heteroatoms. The minimum absolute atomic E-state index is 0.106. The smallest absolute Gasteiger partial charge is 0.341 e. The standard InChI is InChI=1S/C14H19N3O2/c15-13(19)17-12(18)4-11(16-17)14-5-8-1-9(6-14)3-10(2-8)7-14/h4,8-10,16H,1-3,5-7H2,(H2,15,19). The fourth-order valence-corrected chi connectivity index (χ4v) is 5.27. The molecule has 0 unspecified atom stereocenters. The first-order valence-corrected chi connectivity index (χ1v) is 7.18. The van der Waals surface area contributed by atoms with E-state index in [9.17, 15) is 9.59 Å². The van der Waals surface area contributed by atoms with Gasteiger partial charge in [0, 0.05) is 17.2 Å². The Balaban J connectivity index is 1.77. The summed E-state index contributed by atoms with van der Waals surface area (Å²) in [5, 5.41) is 2.97. The molecule has 0 atom stereocenters. The summed E-state index contributed by atoms with van der Waals surface area (Å²) in [6, 6.07) is 0.874. The third-order valence-electron chi connectivity index (χ3n) is 5.55. The van der Waals surface area contributed by atoms with Crippen LogP contribution in [-0.2, 0) is 5.41 Å². The molecule has 1 amide bonds. The number of hydrogen-bond acceptors (Lipinski definition) is 2. The molecule has 102 valence electrons. The van der Waals surface area contributed by atoms with Crippen molar-refractivity contribution in [3.8, 4) is 0 Å². The molecule has 4 aliphatic carbocycles. The molecular weight excluding hydrogens is 242 g/mol. The zero-order valence-electron chi connectivity index (χ0n) is 10.9. The lowest BCUT2D eigenvalue weighted by atomic mass is 9.49. The fourth-order valence-electron chi connectivity index (χ4n) is 5.27. The number of hydrogen-bond donors (Lipinski definition) is 2. The van der Waals surface area contributed by atoms with Gasteiger partial charge in [-0.05, 0) is 56.3 Å². The van der Waals surface area contributed by atoms with E-state index >= 15 is 0 Å². The molecule has 1 aromatic rings. The Bertz CT molecular complexity index is 563. The third-order valence-corrected chi connectivity index (χ3v) is 5.55. The van der Waals surface area contributed by atoms with E-state index in [2.05, 4.69) is 5.10 Å². The maximum Gasteiger partial charge on any atom is 0.341 e. The molecule has 5 nitrogen and oxygen atoms in total. The number of nitrogens with one attached hydrogen (secondary N) is 1. The van der Waals surface area contributed by atoms with E-state index in [-0.39, 0.29) is 11.0 Å². The Labute approximate surface area is 111 Å². The molecule has 0 saturated heterocycles. The number of carbonyl (C=O) groups is 1. The first-order valence-electron chi connectivity index (χ1n) is 7.18. The zero-order valence-corrected chi connectivity index (χ0v) is 10.9. The van der Waals surface area contributed by atoms with Crippen LogP contribution in [0.1, 0.15) is 44.2 Å². The van der Waals surface area contributed by atoms with Crippen molar-refractivity contribution in [2.45, 2.75) is 43.9 Å². The van der Waals surface area contributed by atoms with Gasteiger partial charge in [-0.2, -0.15) is 4.68 Å². The first-order chi connectivity index (χ1) is 9.06. The molecular formula is C14H19N3O2. The van der Waals surface area contributed by atoms with E-state index in [1.807, 2.05) is 0 Å². The summed E-state index contributed by atoms with van der Waals surface area (Å²) in [5.74, 6) is 2.44. The van der Waals surface area contributed by atoms with Gasteiger partial charge in [0.2, 0.25) is 0 Å². The highest BCUT2D eigenvalue weighted by molar-refractivity contribution is 5.73. The van der Waals surface area contributed by atoms with Crippen molar-refractivity contribution in [3.63, 3.8) is 0 Å². The second-order valence-electron chi connectivity index (χ2n) is 6.88. The predicted octanol–water partition coefficient (Wildman–Crippen LogP) is 1.57. The number of carbonyl (C=O) groups excluding carboxylic acids is 1. The van der Waals surface area contributed by atoms with Crippen molar-refractivity contribution in [1.29, 1.82) is 0 Å². The van der Waals surface area contributed by atoms with Crippen LogP contribution in [0.25, 0.3) is 0 Å². The molecule has 4 fully saturated rings. The molecule has 4 saturated carbocycles. The van der Waals surface area contributed by atoms with Crippen LogP contribution in [0, 0.1) is 17.8 Å². The maximum atomic E-state index is 11.8. The SMILES string of the molecule is NC(=O)n1[nH]c(C23CC4CC(CC(C4)C2)C3)cc1=O. The minimum Gasteiger partial charge on any atom is -0.350 e. The number of nitrogens with zero attached hydrogens (tertiary/aromatic N) is 1. The van der Waals surface area contributed by atoms with Gasteiger partial charge in [0.1, 0.15) is 0 Å². The number of H-pyrrole nitrogens is 1. The van der Waals surface area contributed by atoms with E-state index in [4.69, 9.17) is 5.73 Å². The van der Waals surface area contributed by atoms with Crippen LogP contribution in [0.15, 0.2) is 10.9 Å². The highest BCUT2D eigenvalue weighted by Crippen LogP contribution is 2.60. The summed E-state index contributed by atoms with van der Waals surface area (Å²) in [5.41, 5.74) is 5.94. The summed E-state index contributed by atoms with van der Waals surface area (Å²) < 4.78 is 0.938. The summed E-state index contributed by atoms with van der Waals surface area (Å²) >= 11 is 0. The van der Waals surface area contributed by atoms with E-state index in [0.717, 1.165) is 28.1 Å². The van der Waals surface area contributed by atoms with Crippen LogP contribution in [0.5, 0.6) is 0 Å². The Morgan fingerprint density at radius 1 is 1.21 bits per heavy atom. The lowest BCUT2D eigenvalue weighted by Gasteiger charge is -2.56. The Morgan fingerprint density at radius 2 is 1.74 bits per heavy atom. The number of aromatic amines is 1. The average molecular weight is 261 g/mol. The largest absolute Gasteiger partial charge is 0.350 e. The van der Waals surface area contributed by atoms with Crippen molar-refractivity contribution in [3.05, 3.63) is 22.1 Å². The summed E-state index contributed by atoms with van der Waals surface area (Å²) in [6.45, 7) is 0. The normalized spacial score (nSPS) is 39.7. The Kier molecular flexibility index (Phi) is 2.10. The quantitative estimate of drug-likeness (QED) is 0.804. The van der Waals surface area contributed by atoms with Crippen molar-refractivity contribution in [1.82, 2.24) is 9.78 Å². The molecule has 5 rings (SSSR count). The van der Waals surface area contributed by atoms with Crippen LogP contribution in [0.4, 0.5) is 4.79 Å². The van der Waals surface area contributed by atoms with E-state index < -0.39 is 6.03 Å². The number of nitrogens with two attached hydrogens (primary N) is 1. The van der Waals surface area contributed by atoms with Gasteiger partial charge in [-0.25, -0.2) is 4.79 Å². The molecule has 0 aliphatic heterocycles. The summed E-state index contributed by atoms with van der Waals surface area (Å²) in [7, 11) is 0. The highest BCUT2D eigenvalue weighted by Gasteiger charge is 2.52. The van der Waals surface area contributed by atoms with E-state index in [0.29, 0.717) is 0 Å². The Morgan fingerprint density at radius 3 is 2.16 bits per heavy atom. The van der Waals surface area contributed by atoms with Crippen LogP contribution in [0.2, 0.25) is 0 Å². The van der Waals surface area contributed by atoms with Gasteiger partial charge in [-0.15, -0.1) is 0 Å². The average Bonchev–Trinajstić information content (AvgIpc) is 2.70. The lowest BCUT2D eigenvalue weighted by Crippen LogP contribution is -2.48. The minimum atomic E-state index is -0.721. The van der Waals surface area contributed by atoms with Crippen LogP contribution in [0.3, 0.4) is 0 Å². The summed E-state index contributed by atoms with van der Waals surface area (Å²) in [4.78, 5) is 23.0. The fraction of sp³-hybridized carbons (Fsp3) is 0.714. The van der Waals surface area contributed by atoms with Crippen LogP contribution >= 0.6 is 0 Å². The molecule has 19 heavy (non-hydrogen) atoms. The van der Waals surface area contributed by atoms with E-state index in [1.54, 1.807) is 6.07 Å². The topological polar surface area (TPSA) is 80.9 Å². The van der Waals surface area contributed by atoms with Gasteiger partial charge < -0.3 is 5.73 Å². The second-order valence-corrected chi connectivity index (χ2v) is 6.88. The third kappa shape index (κ3) is 1.53.